The van der Waals surface area contributed by atoms with Crippen LogP contribution in [0.5, 0.6) is 0 Å². The van der Waals surface area contributed by atoms with Gasteiger partial charge < -0.3 is 9.80 Å². The first-order valence-electron chi connectivity index (χ1n) is 7.16. The summed E-state index contributed by atoms with van der Waals surface area (Å²) in [5.41, 5.74) is 0. The zero-order chi connectivity index (χ0) is 13.4. The van der Waals surface area contributed by atoms with Crippen molar-refractivity contribution in [1.82, 2.24) is 9.80 Å². The third-order valence-corrected chi connectivity index (χ3v) is 5.64. The Morgan fingerprint density at radius 1 is 0.778 bits per heavy atom. The molecule has 0 aromatic rings. The first kappa shape index (κ1) is 16.7. The lowest BCUT2D eigenvalue weighted by Crippen LogP contribution is -2.40. The largest absolute Gasteiger partial charge is 0.302 e. The summed E-state index contributed by atoms with van der Waals surface area (Å²) in [6.45, 7) is 12.4. The van der Waals surface area contributed by atoms with Gasteiger partial charge in [0.25, 0.3) is 0 Å². The Labute approximate surface area is 122 Å². The van der Waals surface area contributed by atoms with Gasteiger partial charge in [-0.1, -0.05) is 13.8 Å². The van der Waals surface area contributed by atoms with Crippen LogP contribution >= 0.6 is 23.5 Å². The van der Waals surface area contributed by atoms with Crippen molar-refractivity contribution in [3.8, 4) is 0 Å². The molecule has 1 aliphatic heterocycles. The molecule has 2 atom stereocenters. The summed E-state index contributed by atoms with van der Waals surface area (Å²) in [6.07, 6.45) is 7.12. The molecule has 0 spiro atoms. The number of thioether (sulfide) groups is 2. The second-order valence-electron chi connectivity index (χ2n) is 5.40. The third-order valence-electron chi connectivity index (χ3n) is 3.73. The van der Waals surface area contributed by atoms with Crippen molar-refractivity contribution in [3.05, 3.63) is 0 Å². The van der Waals surface area contributed by atoms with E-state index in [-0.39, 0.29) is 0 Å². The molecule has 0 aliphatic carbocycles. The van der Waals surface area contributed by atoms with Crippen molar-refractivity contribution in [1.29, 1.82) is 0 Å². The van der Waals surface area contributed by atoms with Crippen molar-refractivity contribution in [2.75, 3.05) is 51.8 Å². The molecule has 1 aliphatic rings. The van der Waals surface area contributed by atoms with E-state index in [1.807, 2.05) is 23.5 Å². The molecule has 2 unspecified atom stereocenters. The van der Waals surface area contributed by atoms with Crippen LogP contribution in [0.1, 0.15) is 26.7 Å². The summed E-state index contributed by atoms with van der Waals surface area (Å²) in [4.78, 5) is 5.33. The maximum absolute atomic E-state index is 2.66. The van der Waals surface area contributed by atoms with Gasteiger partial charge in [-0.05, 0) is 51.5 Å². The summed E-state index contributed by atoms with van der Waals surface area (Å²) in [5.74, 6) is 0. The molecule has 2 nitrogen and oxygen atoms in total. The van der Waals surface area contributed by atoms with Gasteiger partial charge in [0.15, 0.2) is 0 Å². The minimum atomic E-state index is 0.775. The molecule has 1 heterocycles. The van der Waals surface area contributed by atoms with Gasteiger partial charge in [-0.2, -0.15) is 23.5 Å². The van der Waals surface area contributed by atoms with Gasteiger partial charge in [0, 0.05) is 23.6 Å². The van der Waals surface area contributed by atoms with Crippen LogP contribution in [0.15, 0.2) is 0 Å². The quantitative estimate of drug-likeness (QED) is 0.742. The minimum Gasteiger partial charge on any atom is -0.302 e. The van der Waals surface area contributed by atoms with Crippen LogP contribution in [0, 0.1) is 0 Å². The molecule has 0 aromatic heterocycles. The lowest BCUT2D eigenvalue weighted by Gasteiger charge is -2.32. The Bertz CT molecular complexity index is 184. The maximum atomic E-state index is 2.66. The molecule has 0 saturated carbocycles. The van der Waals surface area contributed by atoms with E-state index in [4.69, 9.17) is 0 Å². The van der Waals surface area contributed by atoms with E-state index in [1.54, 1.807) is 0 Å². The van der Waals surface area contributed by atoms with Crippen LogP contribution in [-0.4, -0.2) is 72.1 Å². The normalized spacial score (nSPS) is 23.3. The van der Waals surface area contributed by atoms with Gasteiger partial charge in [-0.15, -0.1) is 0 Å². The summed E-state index contributed by atoms with van der Waals surface area (Å²) in [5, 5.41) is 1.55. The average Bonchev–Trinajstić information content (AvgIpc) is 2.34. The zero-order valence-corrected chi connectivity index (χ0v) is 14.2. The molecule has 1 fully saturated rings. The van der Waals surface area contributed by atoms with Crippen LogP contribution in [-0.2, 0) is 0 Å². The first-order chi connectivity index (χ1) is 8.65. The van der Waals surface area contributed by atoms with Crippen LogP contribution in [0.2, 0.25) is 0 Å². The first-order valence-corrected chi connectivity index (χ1v) is 9.73. The summed E-state index contributed by atoms with van der Waals surface area (Å²) >= 11 is 3.98. The highest BCUT2D eigenvalue weighted by Crippen LogP contribution is 2.13. The van der Waals surface area contributed by atoms with Gasteiger partial charge in [0.05, 0.1) is 0 Å². The molecular weight excluding hydrogens is 260 g/mol. The number of rotatable bonds is 6. The van der Waals surface area contributed by atoms with E-state index in [1.165, 1.54) is 52.1 Å². The van der Waals surface area contributed by atoms with Crippen molar-refractivity contribution >= 4 is 23.5 Å². The topological polar surface area (TPSA) is 6.48 Å². The van der Waals surface area contributed by atoms with E-state index in [2.05, 4.69) is 36.2 Å². The highest BCUT2D eigenvalue weighted by molar-refractivity contribution is 7.99. The number of hydrogen-bond acceptors (Lipinski definition) is 4. The smallest absolute Gasteiger partial charge is 0.0143 e. The van der Waals surface area contributed by atoms with Crippen LogP contribution in [0.25, 0.3) is 0 Å². The molecule has 108 valence electrons. The average molecular weight is 291 g/mol. The molecule has 18 heavy (non-hydrogen) atoms. The monoisotopic (exact) mass is 290 g/mol. The molecule has 1 rings (SSSR count). The maximum Gasteiger partial charge on any atom is 0.0143 e. The van der Waals surface area contributed by atoms with E-state index in [0.29, 0.717) is 0 Å². The van der Waals surface area contributed by atoms with Crippen LogP contribution in [0.3, 0.4) is 0 Å². The van der Waals surface area contributed by atoms with Crippen molar-refractivity contribution in [2.24, 2.45) is 0 Å². The van der Waals surface area contributed by atoms with Crippen molar-refractivity contribution in [2.45, 2.75) is 37.2 Å². The Morgan fingerprint density at radius 3 is 1.39 bits per heavy atom. The van der Waals surface area contributed by atoms with E-state index < -0.39 is 0 Å². The van der Waals surface area contributed by atoms with E-state index in [0.717, 1.165) is 10.5 Å². The Kier molecular flexibility index (Phi) is 8.81. The van der Waals surface area contributed by atoms with E-state index >= 15 is 0 Å². The molecule has 0 N–H and O–H groups in total. The zero-order valence-electron chi connectivity index (χ0n) is 12.5. The molecule has 4 heteroatoms. The summed E-state index contributed by atoms with van der Waals surface area (Å²) < 4.78 is 0. The molecule has 0 radical (unpaired) electrons. The SMILES string of the molecule is CSC(C)CN1CCCN(CC(C)SC)CCC1. The fourth-order valence-corrected chi connectivity index (χ4v) is 3.22. The minimum absolute atomic E-state index is 0.775. The number of hydrogen-bond donors (Lipinski definition) is 0. The molecular formula is C14H30N2S2. The predicted molar refractivity (Wildman–Crippen MR) is 88.1 cm³/mol. The van der Waals surface area contributed by atoms with Gasteiger partial charge in [-0.3, -0.25) is 0 Å². The Morgan fingerprint density at radius 2 is 1.11 bits per heavy atom. The van der Waals surface area contributed by atoms with Gasteiger partial charge >= 0.3 is 0 Å². The lowest BCUT2D eigenvalue weighted by atomic mass is 10.2. The number of nitrogens with zero attached hydrogens (tertiary/aromatic N) is 2. The Balaban J connectivity index is 2.27. The molecule has 0 aromatic carbocycles. The molecule has 0 bridgehead atoms. The second kappa shape index (κ2) is 9.51. The standard InChI is InChI=1S/C14H30N2S2/c1-13(17-3)11-15-7-5-9-16(10-6-8-15)12-14(2)18-4/h13-14H,5-12H2,1-4H3. The highest BCUT2D eigenvalue weighted by atomic mass is 32.2. The lowest BCUT2D eigenvalue weighted by molar-refractivity contribution is 0.184. The van der Waals surface area contributed by atoms with Crippen LogP contribution < -0.4 is 0 Å². The van der Waals surface area contributed by atoms with Crippen LogP contribution in [0.4, 0.5) is 0 Å². The highest BCUT2D eigenvalue weighted by Gasteiger charge is 2.15. The molecule has 1 saturated heterocycles. The fraction of sp³-hybridized carbons (Fsp3) is 1.00. The second-order valence-corrected chi connectivity index (χ2v) is 7.95. The van der Waals surface area contributed by atoms with E-state index in [9.17, 15) is 0 Å². The Hall–Kier alpha value is 0.620. The van der Waals surface area contributed by atoms with Gasteiger partial charge in [-0.25, -0.2) is 0 Å². The van der Waals surface area contributed by atoms with Gasteiger partial charge in [0.1, 0.15) is 0 Å². The van der Waals surface area contributed by atoms with Crippen molar-refractivity contribution in [3.63, 3.8) is 0 Å². The predicted octanol–water partition coefficient (Wildman–Crippen LogP) is 2.89. The third kappa shape index (κ3) is 6.69. The van der Waals surface area contributed by atoms with Crippen molar-refractivity contribution < 1.29 is 0 Å². The molecule has 0 amide bonds. The fourth-order valence-electron chi connectivity index (χ4n) is 2.50. The summed E-state index contributed by atoms with van der Waals surface area (Å²) in [7, 11) is 0. The van der Waals surface area contributed by atoms with Gasteiger partial charge in [0.2, 0.25) is 0 Å². The summed E-state index contributed by atoms with van der Waals surface area (Å²) in [6, 6.07) is 0.